The molecule has 0 saturated carbocycles. The van der Waals surface area contributed by atoms with E-state index in [4.69, 9.17) is 22.1 Å². The summed E-state index contributed by atoms with van der Waals surface area (Å²) < 4.78 is 7.07. The number of hydrogen-bond donors (Lipinski definition) is 1. The van der Waals surface area contributed by atoms with Gasteiger partial charge in [0.2, 0.25) is 5.75 Å². The summed E-state index contributed by atoms with van der Waals surface area (Å²) in [7, 11) is 0. The van der Waals surface area contributed by atoms with Gasteiger partial charge in [-0.15, -0.1) is 0 Å². The number of nitrogens with two attached hydrogens (primary N) is 1. The Morgan fingerprint density at radius 2 is 2.12 bits per heavy atom. The van der Waals surface area contributed by atoms with E-state index in [2.05, 4.69) is 26.0 Å². The summed E-state index contributed by atoms with van der Waals surface area (Å²) in [6, 6.07) is 7.57. The van der Waals surface area contributed by atoms with Crippen LogP contribution in [-0.4, -0.2) is 33.3 Å². The third kappa shape index (κ3) is 4.94. The number of carbonyl (C=O) groups excluding carboxylic acids is 1. The minimum atomic E-state index is -0.820. The van der Waals surface area contributed by atoms with E-state index in [1.54, 1.807) is 18.2 Å². The third-order valence-corrected chi connectivity index (χ3v) is 4.99. The minimum absolute atomic E-state index is 0.0431. The smallest absolute Gasteiger partial charge is 0.313 e. The molecular formula is C20H17BrClN5O5. The Balaban J connectivity index is 2.21. The van der Waals surface area contributed by atoms with Gasteiger partial charge in [-0.25, -0.2) is 4.98 Å². The van der Waals surface area contributed by atoms with Crippen LogP contribution in [0.3, 0.4) is 0 Å². The molecule has 3 rings (SSSR count). The molecule has 12 heteroatoms. The van der Waals surface area contributed by atoms with Crippen molar-refractivity contribution in [1.82, 2.24) is 9.66 Å². The largest absolute Gasteiger partial charge is 0.476 e. The van der Waals surface area contributed by atoms with Gasteiger partial charge in [0.25, 0.3) is 11.5 Å². The first-order valence-corrected chi connectivity index (χ1v) is 10.4. The Morgan fingerprint density at radius 1 is 1.41 bits per heavy atom. The van der Waals surface area contributed by atoms with Gasteiger partial charge in [0.1, 0.15) is 5.82 Å². The summed E-state index contributed by atoms with van der Waals surface area (Å²) in [5.74, 6) is -0.846. The molecule has 1 aromatic heterocycles. The number of rotatable bonds is 7. The predicted molar refractivity (Wildman–Crippen MR) is 124 cm³/mol. The Bertz CT molecular complexity index is 1320. The molecule has 0 spiro atoms. The molecule has 2 aromatic carbocycles. The number of halogens is 2. The molecule has 166 valence electrons. The van der Waals surface area contributed by atoms with Crippen molar-refractivity contribution in [2.24, 2.45) is 10.8 Å². The van der Waals surface area contributed by atoms with Crippen LogP contribution < -0.4 is 16.0 Å². The molecule has 10 nitrogen and oxygen atoms in total. The van der Waals surface area contributed by atoms with Crippen molar-refractivity contribution in [3.8, 4) is 5.75 Å². The van der Waals surface area contributed by atoms with Crippen LogP contribution in [0.1, 0.15) is 31.2 Å². The number of ether oxygens (including phenoxy) is 1. The fourth-order valence-electron chi connectivity index (χ4n) is 2.90. The second kappa shape index (κ2) is 9.45. The summed E-state index contributed by atoms with van der Waals surface area (Å²) in [5, 5.41) is 16.1. The zero-order valence-electron chi connectivity index (χ0n) is 16.9. The Labute approximate surface area is 194 Å². The molecule has 3 aromatic rings. The van der Waals surface area contributed by atoms with E-state index < -0.39 is 28.7 Å². The Hall–Kier alpha value is -3.31. The normalized spacial score (nSPS) is 11.4. The van der Waals surface area contributed by atoms with Crippen LogP contribution in [0.5, 0.6) is 5.75 Å². The summed E-state index contributed by atoms with van der Waals surface area (Å²) in [4.78, 5) is 39.6. The number of amides is 1. The number of nitro benzene ring substituents is 1. The first-order valence-electron chi connectivity index (χ1n) is 9.24. The second-order valence-electron chi connectivity index (χ2n) is 7.00. The monoisotopic (exact) mass is 521 g/mol. The number of nitrogens with zero attached hydrogens (tertiary/aromatic N) is 4. The SMILES string of the molecule is CC(C)c1nc2ccc(Br)cc2c(=O)n1N=Cc1cc(Cl)cc([N+](=O)[O-])c1OCC(N)=O. The fraction of sp³-hybridized carbons (Fsp3) is 0.200. The van der Waals surface area contributed by atoms with Crippen LogP contribution >= 0.6 is 27.5 Å². The van der Waals surface area contributed by atoms with Gasteiger partial charge < -0.3 is 10.5 Å². The average molecular weight is 523 g/mol. The molecule has 0 saturated heterocycles. The minimum Gasteiger partial charge on any atom is -0.476 e. The zero-order valence-corrected chi connectivity index (χ0v) is 19.3. The molecule has 1 heterocycles. The quantitative estimate of drug-likeness (QED) is 0.285. The molecule has 0 aliphatic rings. The zero-order chi connectivity index (χ0) is 23.6. The molecule has 0 aliphatic heterocycles. The van der Waals surface area contributed by atoms with E-state index in [-0.39, 0.29) is 22.3 Å². The number of nitro groups is 1. The van der Waals surface area contributed by atoms with Gasteiger partial charge in [0.15, 0.2) is 6.61 Å². The van der Waals surface area contributed by atoms with E-state index in [0.29, 0.717) is 21.2 Å². The molecule has 2 N–H and O–H groups in total. The highest BCUT2D eigenvalue weighted by atomic mass is 79.9. The van der Waals surface area contributed by atoms with Crippen LogP contribution in [0.2, 0.25) is 5.02 Å². The van der Waals surface area contributed by atoms with Gasteiger partial charge in [0, 0.05) is 27.0 Å². The maximum Gasteiger partial charge on any atom is 0.313 e. The topological polar surface area (TPSA) is 143 Å². The summed E-state index contributed by atoms with van der Waals surface area (Å²) in [5.41, 5.74) is 4.80. The van der Waals surface area contributed by atoms with E-state index in [1.165, 1.54) is 12.3 Å². The van der Waals surface area contributed by atoms with E-state index in [0.717, 1.165) is 10.7 Å². The van der Waals surface area contributed by atoms with Crippen LogP contribution in [-0.2, 0) is 4.79 Å². The lowest BCUT2D eigenvalue weighted by Crippen LogP contribution is -2.23. The van der Waals surface area contributed by atoms with Crippen molar-refractivity contribution in [1.29, 1.82) is 0 Å². The van der Waals surface area contributed by atoms with Crippen molar-refractivity contribution in [3.63, 3.8) is 0 Å². The maximum atomic E-state index is 13.1. The maximum absolute atomic E-state index is 13.1. The highest BCUT2D eigenvalue weighted by Gasteiger charge is 2.22. The number of carbonyl (C=O) groups is 1. The van der Waals surface area contributed by atoms with Crippen LogP contribution in [0, 0.1) is 10.1 Å². The van der Waals surface area contributed by atoms with E-state index in [1.807, 2.05) is 13.8 Å². The first-order chi connectivity index (χ1) is 15.1. The van der Waals surface area contributed by atoms with Crippen molar-refractivity contribution in [2.75, 3.05) is 6.61 Å². The molecule has 0 fully saturated rings. The number of primary amides is 1. The van der Waals surface area contributed by atoms with Gasteiger partial charge in [-0.3, -0.25) is 19.7 Å². The van der Waals surface area contributed by atoms with Crippen LogP contribution in [0.15, 0.2) is 44.7 Å². The van der Waals surface area contributed by atoms with E-state index >= 15 is 0 Å². The highest BCUT2D eigenvalue weighted by Crippen LogP contribution is 2.33. The predicted octanol–water partition coefficient (Wildman–Crippen LogP) is 3.59. The standard InChI is InChI=1S/C20H17BrClN5O5/c1-10(2)19-25-15-4-3-12(21)6-14(15)20(29)26(19)24-8-11-5-13(22)7-16(27(30)31)18(11)32-9-17(23)28/h3-8,10H,9H2,1-2H3,(H2,23,28). The summed E-state index contributed by atoms with van der Waals surface area (Å²) in [6.07, 6.45) is 1.19. The fourth-order valence-corrected chi connectivity index (χ4v) is 3.49. The molecule has 1 amide bonds. The molecule has 0 atom stereocenters. The van der Waals surface area contributed by atoms with Gasteiger partial charge in [0.05, 0.1) is 22.0 Å². The molecule has 0 aliphatic carbocycles. The van der Waals surface area contributed by atoms with Crippen LogP contribution in [0.25, 0.3) is 10.9 Å². The van der Waals surface area contributed by atoms with Gasteiger partial charge in [-0.1, -0.05) is 41.4 Å². The number of hydrogen-bond acceptors (Lipinski definition) is 7. The van der Waals surface area contributed by atoms with Gasteiger partial charge >= 0.3 is 5.69 Å². The number of aromatic nitrogens is 2. The first kappa shape index (κ1) is 23.4. The van der Waals surface area contributed by atoms with Crippen molar-refractivity contribution in [2.45, 2.75) is 19.8 Å². The van der Waals surface area contributed by atoms with E-state index in [9.17, 15) is 19.7 Å². The summed E-state index contributed by atoms with van der Waals surface area (Å²) >= 11 is 9.35. The van der Waals surface area contributed by atoms with Gasteiger partial charge in [-0.2, -0.15) is 9.78 Å². The highest BCUT2D eigenvalue weighted by molar-refractivity contribution is 9.10. The lowest BCUT2D eigenvalue weighted by atomic mass is 10.1. The molecule has 0 radical (unpaired) electrons. The average Bonchev–Trinajstić information content (AvgIpc) is 2.71. The molecule has 0 bridgehead atoms. The second-order valence-corrected chi connectivity index (χ2v) is 8.36. The Morgan fingerprint density at radius 3 is 2.75 bits per heavy atom. The lowest BCUT2D eigenvalue weighted by molar-refractivity contribution is -0.385. The van der Waals surface area contributed by atoms with Crippen molar-refractivity contribution < 1.29 is 14.5 Å². The molecular weight excluding hydrogens is 506 g/mol. The third-order valence-electron chi connectivity index (χ3n) is 4.28. The van der Waals surface area contributed by atoms with Gasteiger partial charge in [-0.05, 0) is 24.3 Å². The molecule has 0 unspecified atom stereocenters. The molecule has 32 heavy (non-hydrogen) atoms. The Kier molecular flexibility index (Phi) is 6.90. The lowest BCUT2D eigenvalue weighted by Gasteiger charge is -2.12. The number of fused-ring (bicyclic) bond motifs is 1. The van der Waals surface area contributed by atoms with Crippen molar-refractivity contribution in [3.05, 3.63) is 71.7 Å². The van der Waals surface area contributed by atoms with Crippen molar-refractivity contribution >= 4 is 56.2 Å². The number of benzene rings is 2. The van der Waals surface area contributed by atoms with Crippen LogP contribution in [0.4, 0.5) is 5.69 Å². The summed E-state index contributed by atoms with van der Waals surface area (Å²) in [6.45, 7) is 3.11.